The lowest BCUT2D eigenvalue weighted by Gasteiger charge is -2.35. The van der Waals surface area contributed by atoms with Gasteiger partial charge < -0.3 is 9.47 Å². The summed E-state index contributed by atoms with van der Waals surface area (Å²) in [4.78, 5) is 9.75. The third-order valence-electron chi connectivity index (χ3n) is 3.36. The maximum Gasteiger partial charge on any atom is 0.302 e. The molecule has 5 nitrogen and oxygen atoms in total. The number of hydrogen-bond donors (Lipinski definition) is 0. The minimum Gasteiger partial charge on any atom is -0.462 e. The van der Waals surface area contributed by atoms with Crippen molar-refractivity contribution in [3.8, 4) is 0 Å². The van der Waals surface area contributed by atoms with Crippen LogP contribution < -0.4 is 0 Å². The molecule has 6 heteroatoms. The Hall–Kier alpha value is -1.40. The number of rotatable bonds is 4. The summed E-state index contributed by atoms with van der Waals surface area (Å²) in [6.07, 6.45) is 1.87. The Balaban J connectivity index is 2.37. The molecule has 0 aromatic heterocycles. The number of hydrogen-bond acceptors (Lipinski definition) is 5. The molecule has 110 valence electrons. The van der Waals surface area contributed by atoms with Crippen LogP contribution in [0, 0.1) is 0 Å². The van der Waals surface area contributed by atoms with Crippen LogP contribution in [0.3, 0.4) is 0 Å². The second-order valence-electron chi connectivity index (χ2n) is 4.81. The Labute approximate surface area is 118 Å². The summed E-state index contributed by atoms with van der Waals surface area (Å²) in [6, 6.07) is 8.13. The average molecular weight is 298 g/mol. The highest BCUT2D eigenvalue weighted by molar-refractivity contribution is 7.92. The van der Waals surface area contributed by atoms with Gasteiger partial charge in [0.2, 0.25) is 14.8 Å². The lowest BCUT2D eigenvalue weighted by Crippen LogP contribution is -2.48. The third kappa shape index (κ3) is 2.86. The molecule has 1 aromatic rings. The van der Waals surface area contributed by atoms with Crippen molar-refractivity contribution in [2.45, 2.75) is 36.0 Å². The first kappa shape index (κ1) is 15.0. The van der Waals surface area contributed by atoms with Crippen molar-refractivity contribution in [3.63, 3.8) is 0 Å². The first-order valence-corrected chi connectivity index (χ1v) is 8.03. The number of carbonyl (C=O) groups is 1. The van der Waals surface area contributed by atoms with Gasteiger partial charge in [0.25, 0.3) is 0 Å². The van der Waals surface area contributed by atoms with Crippen LogP contribution in [0.2, 0.25) is 0 Å². The molecule has 0 N–H and O–H groups in total. The van der Waals surface area contributed by atoms with Gasteiger partial charge in [-0.3, -0.25) is 4.79 Å². The van der Waals surface area contributed by atoms with E-state index in [1.807, 2.05) is 0 Å². The summed E-state index contributed by atoms with van der Waals surface area (Å²) in [7, 11) is -3.72. The highest BCUT2D eigenvalue weighted by Gasteiger charge is 2.48. The zero-order valence-electron chi connectivity index (χ0n) is 11.4. The lowest BCUT2D eigenvalue weighted by molar-refractivity contribution is -0.149. The molecule has 0 spiro atoms. The van der Waals surface area contributed by atoms with Crippen LogP contribution in [-0.4, -0.2) is 32.5 Å². The maximum absolute atomic E-state index is 12.8. The summed E-state index contributed by atoms with van der Waals surface area (Å²) in [5.74, 6) is -0.512. The minimum atomic E-state index is -3.72. The molecule has 1 heterocycles. The van der Waals surface area contributed by atoms with Gasteiger partial charge in [0.15, 0.2) is 0 Å². The normalized spacial score (nSPS) is 23.2. The molecule has 1 atom stereocenters. The molecule has 1 unspecified atom stereocenters. The van der Waals surface area contributed by atoms with Crippen LogP contribution in [0.5, 0.6) is 0 Å². The molecule has 20 heavy (non-hydrogen) atoms. The van der Waals surface area contributed by atoms with Gasteiger partial charge in [0, 0.05) is 13.5 Å². The Morgan fingerprint density at radius 2 is 2.00 bits per heavy atom. The second-order valence-corrected chi connectivity index (χ2v) is 7.04. The fourth-order valence-corrected chi connectivity index (χ4v) is 4.07. The van der Waals surface area contributed by atoms with Crippen molar-refractivity contribution in [1.82, 2.24) is 0 Å². The molecule has 1 fully saturated rings. The van der Waals surface area contributed by atoms with E-state index in [-0.39, 0.29) is 11.5 Å². The highest BCUT2D eigenvalue weighted by Crippen LogP contribution is 2.35. The van der Waals surface area contributed by atoms with Gasteiger partial charge in [-0.05, 0) is 31.4 Å². The van der Waals surface area contributed by atoms with Crippen LogP contribution in [0.15, 0.2) is 35.2 Å². The number of ether oxygens (including phenoxy) is 2. The van der Waals surface area contributed by atoms with Crippen molar-refractivity contribution in [2.24, 2.45) is 0 Å². The van der Waals surface area contributed by atoms with Gasteiger partial charge in [-0.2, -0.15) is 0 Å². The van der Waals surface area contributed by atoms with Crippen molar-refractivity contribution in [1.29, 1.82) is 0 Å². The van der Waals surface area contributed by atoms with Crippen molar-refractivity contribution in [3.05, 3.63) is 30.3 Å². The van der Waals surface area contributed by atoms with E-state index in [4.69, 9.17) is 9.47 Å². The second kappa shape index (κ2) is 5.93. The van der Waals surface area contributed by atoms with E-state index in [1.165, 1.54) is 19.1 Å². The first-order valence-electron chi connectivity index (χ1n) is 6.55. The number of esters is 1. The fourth-order valence-electron chi connectivity index (χ4n) is 2.26. The van der Waals surface area contributed by atoms with Crippen LogP contribution in [-0.2, 0) is 24.1 Å². The SMILES string of the molecule is CC(=O)OCC1(S(=O)(=O)c2ccccc2)CCCCO1. The fraction of sp³-hybridized carbons (Fsp3) is 0.500. The monoisotopic (exact) mass is 298 g/mol. The molecule has 1 aromatic carbocycles. The first-order chi connectivity index (χ1) is 9.48. The number of sulfone groups is 1. The molecule has 1 saturated heterocycles. The van der Waals surface area contributed by atoms with E-state index >= 15 is 0 Å². The smallest absolute Gasteiger partial charge is 0.302 e. The summed E-state index contributed by atoms with van der Waals surface area (Å²) in [5.41, 5.74) is 0. The van der Waals surface area contributed by atoms with Crippen LogP contribution >= 0.6 is 0 Å². The van der Waals surface area contributed by atoms with E-state index < -0.39 is 20.7 Å². The average Bonchev–Trinajstić information content (AvgIpc) is 2.47. The van der Waals surface area contributed by atoms with E-state index in [0.717, 1.165) is 12.8 Å². The van der Waals surface area contributed by atoms with Gasteiger partial charge in [0.05, 0.1) is 4.90 Å². The standard InChI is InChI=1S/C14H18O5S/c1-12(15)18-11-14(9-5-6-10-19-14)20(16,17)13-7-3-2-4-8-13/h2-4,7-8H,5-6,9-11H2,1H3. The molecular weight excluding hydrogens is 280 g/mol. The molecule has 0 aliphatic carbocycles. The Bertz CT molecular complexity index is 558. The van der Waals surface area contributed by atoms with Crippen molar-refractivity contribution < 1.29 is 22.7 Å². The van der Waals surface area contributed by atoms with Gasteiger partial charge in [-0.25, -0.2) is 8.42 Å². The quantitative estimate of drug-likeness (QED) is 0.794. The van der Waals surface area contributed by atoms with Gasteiger partial charge in [-0.15, -0.1) is 0 Å². The summed E-state index contributed by atoms with van der Waals surface area (Å²) in [6.45, 7) is 1.35. The summed E-state index contributed by atoms with van der Waals surface area (Å²) >= 11 is 0. The van der Waals surface area contributed by atoms with Crippen LogP contribution in [0.25, 0.3) is 0 Å². The predicted octanol–water partition coefficient (Wildman–Crippen LogP) is 1.92. The molecule has 0 bridgehead atoms. The topological polar surface area (TPSA) is 69.7 Å². The third-order valence-corrected chi connectivity index (χ3v) is 5.67. The van der Waals surface area contributed by atoms with E-state index in [0.29, 0.717) is 13.0 Å². The van der Waals surface area contributed by atoms with Gasteiger partial charge >= 0.3 is 5.97 Å². The molecular formula is C14H18O5S. The van der Waals surface area contributed by atoms with Crippen molar-refractivity contribution in [2.75, 3.05) is 13.2 Å². The zero-order valence-corrected chi connectivity index (χ0v) is 12.2. The molecule has 0 saturated carbocycles. The molecule has 2 rings (SSSR count). The van der Waals surface area contributed by atoms with Crippen LogP contribution in [0.1, 0.15) is 26.2 Å². The minimum absolute atomic E-state index is 0.189. The number of benzene rings is 1. The molecule has 1 aliphatic rings. The highest BCUT2D eigenvalue weighted by atomic mass is 32.2. The zero-order chi connectivity index (χ0) is 14.6. The van der Waals surface area contributed by atoms with Gasteiger partial charge in [-0.1, -0.05) is 18.2 Å². The van der Waals surface area contributed by atoms with E-state index in [1.54, 1.807) is 18.2 Å². The van der Waals surface area contributed by atoms with Crippen LogP contribution in [0.4, 0.5) is 0 Å². The van der Waals surface area contributed by atoms with E-state index in [2.05, 4.69) is 0 Å². The maximum atomic E-state index is 12.8. The lowest BCUT2D eigenvalue weighted by atomic mass is 10.1. The Morgan fingerprint density at radius 1 is 1.30 bits per heavy atom. The molecule has 1 aliphatic heterocycles. The summed E-state index contributed by atoms with van der Waals surface area (Å²) < 4.78 is 36.1. The summed E-state index contributed by atoms with van der Waals surface area (Å²) in [5, 5.41) is 0. The van der Waals surface area contributed by atoms with Gasteiger partial charge in [0.1, 0.15) is 6.61 Å². The van der Waals surface area contributed by atoms with E-state index in [9.17, 15) is 13.2 Å². The van der Waals surface area contributed by atoms with Crippen molar-refractivity contribution >= 4 is 15.8 Å². The predicted molar refractivity (Wildman–Crippen MR) is 72.8 cm³/mol. The largest absolute Gasteiger partial charge is 0.462 e. The number of carbonyl (C=O) groups excluding carboxylic acids is 1. The molecule has 0 radical (unpaired) electrons. The Morgan fingerprint density at radius 3 is 2.55 bits per heavy atom. The molecule has 0 amide bonds. The Kier molecular flexibility index (Phi) is 4.45.